The molecule has 29 heavy (non-hydrogen) atoms. The average molecular weight is 413 g/mol. The van der Waals surface area contributed by atoms with Crippen LogP contribution >= 0.6 is 11.8 Å². The number of hydrogen-bond donors (Lipinski definition) is 0. The van der Waals surface area contributed by atoms with E-state index in [2.05, 4.69) is 18.8 Å². The van der Waals surface area contributed by atoms with Gasteiger partial charge in [-0.3, -0.25) is 20.2 Å². The fourth-order valence-electron chi connectivity index (χ4n) is 2.86. The Morgan fingerprint density at radius 1 is 0.862 bits per heavy atom. The summed E-state index contributed by atoms with van der Waals surface area (Å²) in [5.74, 6) is 6.22. The molecular formula is C22H24N2O4S. The maximum Gasteiger partial charge on any atom is 0.305 e. The summed E-state index contributed by atoms with van der Waals surface area (Å²) in [6.07, 6.45) is 6.81. The van der Waals surface area contributed by atoms with Gasteiger partial charge in [0.15, 0.2) is 5.56 Å². The van der Waals surface area contributed by atoms with Crippen LogP contribution in [-0.2, 0) is 0 Å². The van der Waals surface area contributed by atoms with Crippen LogP contribution in [0.1, 0.15) is 56.6 Å². The van der Waals surface area contributed by atoms with Crippen molar-refractivity contribution in [2.75, 3.05) is 5.75 Å². The van der Waals surface area contributed by atoms with E-state index in [1.54, 1.807) is 24.3 Å². The molecule has 6 nitrogen and oxygen atoms in total. The summed E-state index contributed by atoms with van der Waals surface area (Å²) in [5, 5.41) is 23.2. The van der Waals surface area contributed by atoms with Gasteiger partial charge in [-0.1, -0.05) is 63.1 Å². The summed E-state index contributed by atoms with van der Waals surface area (Å²) in [7, 11) is 0. The summed E-state index contributed by atoms with van der Waals surface area (Å²) in [6, 6.07) is 11.7. The van der Waals surface area contributed by atoms with Crippen LogP contribution < -0.4 is 0 Å². The molecule has 0 unspecified atom stereocenters. The van der Waals surface area contributed by atoms with Crippen LogP contribution in [0.25, 0.3) is 0 Å². The monoisotopic (exact) mass is 412 g/mol. The Morgan fingerprint density at radius 3 is 2.21 bits per heavy atom. The van der Waals surface area contributed by atoms with E-state index in [0.717, 1.165) is 25.0 Å². The molecule has 2 aromatic carbocycles. The van der Waals surface area contributed by atoms with Crippen LogP contribution in [-0.4, -0.2) is 15.6 Å². The van der Waals surface area contributed by atoms with E-state index >= 15 is 0 Å². The summed E-state index contributed by atoms with van der Waals surface area (Å²) < 4.78 is 0. The van der Waals surface area contributed by atoms with E-state index in [1.165, 1.54) is 43.2 Å². The van der Waals surface area contributed by atoms with E-state index in [1.807, 2.05) is 6.07 Å². The van der Waals surface area contributed by atoms with Crippen LogP contribution in [0.15, 0.2) is 47.4 Å². The van der Waals surface area contributed by atoms with Crippen LogP contribution in [0, 0.1) is 32.1 Å². The van der Waals surface area contributed by atoms with Gasteiger partial charge in [0.25, 0.3) is 5.69 Å². The van der Waals surface area contributed by atoms with Crippen LogP contribution in [0.4, 0.5) is 11.4 Å². The van der Waals surface area contributed by atoms with Crippen LogP contribution in [0.2, 0.25) is 0 Å². The third kappa shape index (κ3) is 6.91. The minimum atomic E-state index is -0.621. The van der Waals surface area contributed by atoms with E-state index < -0.39 is 9.85 Å². The molecule has 0 fully saturated rings. The van der Waals surface area contributed by atoms with E-state index in [9.17, 15) is 20.2 Å². The Morgan fingerprint density at radius 2 is 1.55 bits per heavy atom. The highest BCUT2D eigenvalue weighted by Crippen LogP contribution is 2.37. The van der Waals surface area contributed by atoms with Gasteiger partial charge in [-0.05, 0) is 36.3 Å². The molecule has 0 saturated heterocycles. The Labute approximate surface area is 175 Å². The van der Waals surface area contributed by atoms with Gasteiger partial charge in [-0.25, -0.2) is 0 Å². The lowest BCUT2D eigenvalue weighted by molar-refractivity contribution is -0.396. The van der Waals surface area contributed by atoms with Gasteiger partial charge in [0.2, 0.25) is 0 Å². The van der Waals surface area contributed by atoms with Crippen molar-refractivity contribution in [3.05, 3.63) is 73.8 Å². The first-order valence-electron chi connectivity index (χ1n) is 9.70. The molecule has 0 aliphatic rings. The third-order valence-electron chi connectivity index (χ3n) is 4.36. The fourth-order valence-corrected chi connectivity index (χ4v) is 3.90. The molecule has 0 aliphatic carbocycles. The zero-order valence-corrected chi connectivity index (χ0v) is 17.2. The summed E-state index contributed by atoms with van der Waals surface area (Å²) >= 11 is 1.36. The Kier molecular flexibility index (Phi) is 9.19. The molecule has 2 rings (SSSR count). The fraction of sp³-hybridized carbons (Fsp3) is 0.364. The van der Waals surface area contributed by atoms with Crippen molar-refractivity contribution in [1.29, 1.82) is 0 Å². The molecule has 2 aromatic rings. The SMILES string of the molecule is CCCCCCCCSc1ccc([N+](=O)[O-])c(C#Cc2ccccc2)c1[N+](=O)[O-]. The first-order valence-corrected chi connectivity index (χ1v) is 10.7. The number of nitro groups is 2. The van der Waals surface area contributed by atoms with Crippen molar-refractivity contribution in [3.63, 3.8) is 0 Å². The molecule has 0 radical (unpaired) electrons. The first kappa shape index (κ1) is 22.4. The number of nitro benzene ring substituents is 2. The van der Waals surface area contributed by atoms with Gasteiger partial charge in [0, 0.05) is 11.6 Å². The van der Waals surface area contributed by atoms with Crippen molar-refractivity contribution < 1.29 is 9.85 Å². The van der Waals surface area contributed by atoms with Gasteiger partial charge in [-0.15, -0.1) is 11.8 Å². The average Bonchev–Trinajstić information content (AvgIpc) is 2.71. The quantitative estimate of drug-likeness (QED) is 0.149. The number of rotatable bonds is 10. The van der Waals surface area contributed by atoms with Crippen molar-refractivity contribution in [1.82, 2.24) is 0 Å². The lowest BCUT2D eigenvalue weighted by atomic mass is 10.1. The number of benzene rings is 2. The molecule has 0 saturated carbocycles. The lowest BCUT2D eigenvalue weighted by Crippen LogP contribution is -2.00. The maximum atomic E-state index is 11.7. The van der Waals surface area contributed by atoms with Crippen molar-refractivity contribution in [2.45, 2.75) is 50.3 Å². The van der Waals surface area contributed by atoms with Gasteiger partial charge in [0.05, 0.1) is 14.7 Å². The highest BCUT2D eigenvalue weighted by Gasteiger charge is 2.28. The van der Waals surface area contributed by atoms with Gasteiger partial charge in [0.1, 0.15) is 0 Å². The molecule has 0 heterocycles. The van der Waals surface area contributed by atoms with Gasteiger partial charge < -0.3 is 0 Å². The van der Waals surface area contributed by atoms with Crippen LogP contribution in [0.3, 0.4) is 0 Å². The molecule has 0 atom stereocenters. The summed E-state index contributed by atoms with van der Waals surface area (Å²) in [4.78, 5) is 22.4. The minimum absolute atomic E-state index is 0.142. The predicted molar refractivity (Wildman–Crippen MR) is 116 cm³/mol. The zero-order chi connectivity index (χ0) is 21.1. The number of unbranched alkanes of at least 4 members (excludes halogenated alkanes) is 5. The van der Waals surface area contributed by atoms with Crippen LogP contribution in [0.5, 0.6) is 0 Å². The standard InChI is InChI=1S/C22H24N2O4S/c1-2-3-4-5-6-10-17-29-21-16-15-20(23(25)26)19(22(21)24(27)28)14-13-18-11-8-7-9-12-18/h7-9,11-12,15-16H,2-6,10,17H2,1H3. The summed E-state index contributed by atoms with van der Waals surface area (Å²) in [5.41, 5.74) is -0.124. The Hall–Kier alpha value is -2.85. The molecule has 0 aliphatic heterocycles. The highest BCUT2D eigenvalue weighted by atomic mass is 32.2. The van der Waals surface area contributed by atoms with E-state index in [0.29, 0.717) is 10.5 Å². The second-order valence-corrected chi connectivity index (χ2v) is 7.69. The molecular weight excluding hydrogens is 388 g/mol. The second kappa shape index (κ2) is 11.9. The second-order valence-electron chi connectivity index (χ2n) is 6.55. The van der Waals surface area contributed by atoms with Crippen molar-refractivity contribution in [3.8, 4) is 11.8 Å². The largest absolute Gasteiger partial charge is 0.305 e. The maximum absolute atomic E-state index is 11.7. The third-order valence-corrected chi connectivity index (χ3v) is 5.49. The molecule has 0 N–H and O–H groups in total. The van der Waals surface area contributed by atoms with Gasteiger partial charge >= 0.3 is 5.69 Å². The van der Waals surface area contributed by atoms with Gasteiger partial charge in [-0.2, -0.15) is 0 Å². The normalized spacial score (nSPS) is 10.2. The smallest absolute Gasteiger partial charge is 0.258 e. The topological polar surface area (TPSA) is 86.3 Å². The van der Waals surface area contributed by atoms with E-state index in [-0.39, 0.29) is 16.9 Å². The van der Waals surface area contributed by atoms with Crippen molar-refractivity contribution in [2.24, 2.45) is 0 Å². The molecule has 152 valence electrons. The highest BCUT2D eigenvalue weighted by molar-refractivity contribution is 7.99. The Bertz CT molecular complexity index is 904. The van der Waals surface area contributed by atoms with E-state index in [4.69, 9.17) is 0 Å². The first-order chi connectivity index (χ1) is 14.0. The predicted octanol–water partition coefficient (Wildman–Crippen LogP) is 6.36. The summed E-state index contributed by atoms with van der Waals surface area (Å²) in [6.45, 7) is 2.17. The Balaban J connectivity index is 2.26. The molecule has 0 aromatic heterocycles. The molecule has 0 bridgehead atoms. The molecule has 0 amide bonds. The number of nitrogens with zero attached hydrogens (tertiary/aromatic N) is 2. The zero-order valence-electron chi connectivity index (χ0n) is 16.4. The van der Waals surface area contributed by atoms with Crippen molar-refractivity contribution >= 4 is 23.1 Å². The molecule has 7 heteroatoms. The number of hydrogen-bond acceptors (Lipinski definition) is 5. The molecule has 0 spiro atoms. The lowest BCUT2D eigenvalue weighted by Gasteiger charge is -2.06. The number of thioether (sulfide) groups is 1. The minimum Gasteiger partial charge on any atom is -0.258 e.